The van der Waals surface area contributed by atoms with Gasteiger partial charge in [-0.05, 0) is 50.9 Å². The van der Waals surface area contributed by atoms with Crippen LogP contribution in [0.1, 0.15) is 65.2 Å². The van der Waals surface area contributed by atoms with Gasteiger partial charge < -0.3 is 5.11 Å². The second-order valence-corrected chi connectivity index (χ2v) is 5.85. The minimum Gasteiger partial charge on any atom is -0.481 e. The van der Waals surface area contributed by atoms with Gasteiger partial charge in [0.05, 0.1) is 0 Å². The molecule has 0 amide bonds. The van der Waals surface area contributed by atoms with Gasteiger partial charge in [-0.1, -0.05) is 62.5 Å². The summed E-state index contributed by atoms with van der Waals surface area (Å²) in [5, 5.41) is 8.49. The zero-order valence-corrected chi connectivity index (χ0v) is 14.2. The molecular weight excluding hydrogens is 272 g/mol. The molecule has 0 aliphatic heterocycles. The van der Waals surface area contributed by atoms with Crippen molar-refractivity contribution in [3.63, 3.8) is 0 Å². The highest BCUT2D eigenvalue weighted by molar-refractivity contribution is 5.66. The number of allylic oxidation sites excluding steroid dienone is 8. The first-order valence-corrected chi connectivity index (χ1v) is 8.44. The van der Waals surface area contributed by atoms with Crippen molar-refractivity contribution in [3.05, 3.63) is 48.6 Å². The molecule has 0 aromatic carbocycles. The van der Waals surface area contributed by atoms with E-state index in [9.17, 15) is 4.79 Å². The summed E-state index contributed by atoms with van der Waals surface area (Å²) in [7, 11) is 0. The number of carboxylic acid groups (broad SMARTS) is 1. The first-order valence-electron chi connectivity index (χ1n) is 8.44. The third-order valence-corrected chi connectivity index (χ3v) is 3.16. The first-order chi connectivity index (χ1) is 10.6. The summed E-state index contributed by atoms with van der Waals surface area (Å²) in [6.07, 6.45) is 24.6. The highest BCUT2D eigenvalue weighted by Crippen LogP contribution is 2.04. The Labute approximate surface area is 136 Å². The maximum atomic E-state index is 10.3. The predicted molar refractivity (Wildman–Crippen MR) is 96.0 cm³/mol. The van der Waals surface area contributed by atoms with Crippen molar-refractivity contribution < 1.29 is 9.90 Å². The minimum atomic E-state index is -0.713. The van der Waals surface area contributed by atoms with E-state index in [0.717, 1.165) is 38.0 Å². The molecule has 0 saturated heterocycles. The van der Waals surface area contributed by atoms with Crippen LogP contribution in [0.2, 0.25) is 0 Å². The lowest BCUT2D eigenvalue weighted by Crippen LogP contribution is -1.92. The van der Waals surface area contributed by atoms with E-state index in [4.69, 9.17) is 5.11 Å². The standard InChI is InChI=1S/C20H32O2/c1-19(2)17-15-13-11-9-7-5-3-4-6-8-10-12-14-16-18-20(21)22/h4-7,10-13,19H,3,8-9,14-18H2,1-2H3,(H,21,22)/b6-4-,7-5-,12-10-,13-11-. The number of rotatable bonds is 13. The molecular formula is C20H32O2. The minimum absolute atomic E-state index is 0.261. The topological polar surface area (TPSA) is 37.3 Å². The number of aliphatic carboxylic acids is 1. The van der Waals surface area contributed by atoms with Gasteiger partial charge in [-0.3, -0.25) is 4.79 Å². The van der Waals surface area contributed by atoms with Gasteiger partial charge in [-0.25, -0.2) is 0 Å². The number of hydrogen-bond donors (Lipinski definition) is 1. The quantitative estimate of drug-likeness (QED) is 0.331. The monoisotopic (exact) mass is 304 g/mol. The van der Waals surface area contributed by atoms with Gasteiger partial charge in [0, 0.05) is 6.42 Å². The van der Waals surface area contributed by atoms with E-state index in [1.165, 1.54) is 12.8 Å². The molecule has 0 saturated carbocycles. The third kappa shape index (κ3) is 18.4. The maximum absolute atomic E-state index is 10.3. The highest BCUT2D eigenvalue weighted by Gasteiger charge is 1.92. The molecule has 0 unspecified atom stereocenters. The number of carbonyl (C=O) groups is 1. The number of unbranched alkanes of at least 4 members (excludes halogenated alkanes) is 1. The largest absolute Gasteiger partial charge is 0.481 e. The fraction of sp³-hybridized carbons (Fsp3) is 0.550. The van der Waals surface area contributed by atoms with Crippen LogP contribution in [0.5, 0.6) is 0 Å². The summed E-state index contributed by atoms with van der Waals surface area (Å²) >= 11 is 0. The normalized spacial score (nSPS) is 12.7. The van der Waals surface area contributed by atoms with Gasteiger partial charge in [0.15, 0.2) is 0 Å². The van der Waals surface area contributed by atoms with Crippen LogP contribution in [-0.4, -0.2) is 11.1 Å². The Balaban J connectivity index is 3.44. The van der Waals surface area contributed by atoms with Crippen LogP contribution in [0.4, 0.5) is 0 Å². The second-order valence-electron chi connectivity index (χ2n) is 5.85. The fourth-order valence-corrected chi connectivity index (χ4v) is 1.85. The van der Waals surface area contributed by atoms with Crippen LogP contribution in [-0.2, 0) is 4.79 Å². The lowest BCUT2D eigenvalue weighted by molar-refractivity contribution is -0.137. The van der Waals surface area contributed by atoms with Gasteiger partial charge in [-0.2, -0.15) is 0 Å². The molecule has 0 aliphatic rings. The van der Waals surface area contributed by atoms with Gasteiger partial charge >= 0.3 is 5.97 Å². The van der Waals surface area contributed by atoms with Crippen molar-refractivity contribution in [3.8, 4) is 0 Å². The Morgan fingerprint density at radius 2 is 1.27 bits per heavy atom. The van der Waals surface area contributed by atoms with Crippen molar-refractivity contribution >= 4 is 5.97 Å². The molecule has 1 N–H and O–H groups in total. The van der Waals surface area contributed by atoms with Gasteiger partial charge in [0.1, 0.15) is 0 Å². The smallest absolute Gasteiger partial charge is 0.303 e. The summed E-state index contributed by atoms with van der Waals surface area (Å²) in [5.41, 5.74) is 0. The number of carboxylic acids is 1. The fourth-order valence-electron chi connectivity index (χ4n) is 1.85. The van der Waals surface area contributed by atoms with E-state index in [1.807, 2.05) is 0 Å². The summed E-state index contributed by atoms with van der Waals surface area (Å²) < 4.78 is 0. The average molecular weight is 304 g/mol. The lowest BCUT2D eigenvalue weighted by atomic mass is 10.1. The van der Waals surface area contributed by atoms with Crippen molar-refractivity contribution in [2.45, 2.75) is 65.2 Å². The molecule has 0 radical (unpaired) electrons. The number of hydrogen-bond acceptors (Lipinski definition) is 1. The van der Waals surface area contributed by atoms with E-state index in [-0.39, 0.29) is 6.42 Å². The molecule has 124 valence electrons. The van der Waals surface area contributed by atoms with Gasteiger partial charge in [0.2, 0.25) is 0 Å². The van der Waals surface area contributed by atoms with E-state index in [1.54, 1.807) is 0 Å². The van der Waals surface area contributed by atoms with E-state index < -0.39 is 5.97 Å². The summed E-state index contributed by atoms with van der Waals surface area (Å²) in [5.74, 6) is 0.0754. The zero-order valence-electron chi connectivity index (χ0n) is 14.2. The third-order valence-electron chi connectivity index (χ3n) is 3.16. The van der Waals surface area contributed by atoms with E-state index in [2.05, 4.69) is 62.5 Å². The zero-order chi connectivity index (χ0) is 16.5. The molecule has 0 heterocycles. The second kappa shape index (κ2) is 15.8. The van der Waals surface area contributed by atoms with Crippen LogP contribution < -0.4 is 0 Å². The highest BCUT2D eigenvalue weighted by atomic mass is 16.4. The van der Waals surface area contributed by atoms with E-state index >= 15 is 0 Å². The molecule has 0 aromatic rings. The summed E-state index contributed by atoms with van der Waals surface area (Å²) in [6.45, 7) is 4.51. The SMILES string of the molecule is CC(C)CC/C=C\C/C=C\C/C=C\C/C=C\CCCC(=O)O. The van der Waals surface area contributed by atoms with Crippen LogP contribution in [0.15, 0.2) is 48.6 Å². The van der Waals surface area contributed by atoms with Gasteiger partial charge in [0.25, 0.3) is 0 Å². The van der Waals surface area contributed by atoms with Crippen LogP contribution in [0.3, 0.4) is 0 Å². The Kier molecular flexibility index (Phi) is 14.7. The Morgan fingerprint density at radius 3 is 1.73 bits per heavy atom. The van der Waals surface area contributed by atoms with Gasteiger partial charge in [-0.15, -0.1) is 0 Å². The molecule has 0 aromatic heterocycles. The average Bonchev–Trinajstić information content (AvgIpc) is 2.46. The van der Waals surface area contributed by atoms with Crippen molar-refractivity contribution in [2.75, 3.05) is 0 Å². The first kappa shape index (κ1) is 20.4. The molecule has 0 aliphatic carbocycles. The van der Waals surface area contributed by atoms with Crippen molar-refractivity contribution in [2.24, 2.45) is 5.92 Å². The lowest BCUT2D eigenvalue weighted by Gasteiger charge is -1.98. The van der Waals surface area contributed by atoms with Crippen molar-refractivity contribution in [1.82, 2.24) is 0 Å². The summed E-state index contributed by atoms with van der Waals surface area (Å²) in [6, 6.07) is 0. The summed E-state index contributed by atoms with van der Waals surface area (Å²) in [4.78, 5) is 10.3. The molecule has 0 atom stereocenters. The van der Waals surface area contributed by atoms with Crippen LogP contribution >= 0.6 is 0 Å². The maximum Gasteiger partial charge on any atom is 0.303 e. The Hall–Kier alpha value is -1.57. The predicted octanol–water partition coefficient (Wildman–Crippen LogP) is 6.07. The molecule has 2 nitrogen and oxygen atoms in total. The molecule has 0 spiro atoms. The molecule has 22 heavy (non-hydrogen) atoms. The van der Waals surface area contributed by atoms with Crippen LogP contribution in [0.25, 0.3) is 0 Å². The Morgan fingerprint density at radius 1 is 0.818 bits per heavy atom. The Bertz CT molecular complexity index is 373. The molecule has 0 fully saturated rings. The van der Waals surface area contributed by atoms with Crippen molar-refractivity contribution in [1.29, 1.82) is 0 Å². The van der Waals surface area contributed by atoms with E-state index in [0.29, 0.717) is 0 Å². The molecule has 2 heteroatoms. The van der Waals surface area contributed by atoms with Crippen LogP contribution in [0, 0.1) is 5.92 Å². The molecule has 0 bridgehead atoms. The molecule has 0 rings (SSSR count).